The van der Waals surface area contributed by atoms with Gasteiger partial charge in [-0.2, -0.15) is 0 Å². The molecule has 1 fully saturated rings. The maximum atomic E-state index is 14.2. The molecule has 1 saturated heterocycles. The Morgan fingerprint density at radius 2 is 1.76 bits per heavy atom. The Kier molecular flexibility index (Phi) is 8.03. The molecule has 1 unspecified atom stereocenters. The molecule has 2 heterocycles. The van der Waals surface area contributed by atoms with Gasteiger partial charge in [0.05, 0.1) is 5.92 Å². The Morgan fingerprint density at radius 1 is 1.10 bits per heavy atom. The van der Waals surface area contributed by atoms with Crippen molar-refractivity contribution in [2.75, 3.05) is 27.2 Å². The lowest BCUT2D eigenvalue weighted by Gasteiger charge is -2.42. The number of para-hydroxylation sites is 1. The van der Waals surface area contributed by atoms with Crippen LogP contribution in [0, 0.1) is 0 Å². The number of nitrogens with one attached hydrogen (secondary N) is 2. The fourth-order valence-electron chi connectivity index (χ4n) is 6.79. The Labute approximate surface area is 248 Å². The second kappa shape index (κ2) is 11.4. The first-order valence-corrected chi connectivity index (χ1v) is 14.8. The number of nitrogens with zero attached hydrogens (tertiary/aromatic N) is 2. The number of piperidine rings is 1. The molecular weight excluding hydrogens is 526 g/mol. The topological polar surface area (TPSA) is 112 Å². The lowest BCUT2D eigenvalue weighted by atomic mass is 9.73. The SMILES string of the molecule is C[C@H](c1c[nH]c2ccccc12)[C@@H](NC(=O)/C=C/C(C)(C)N)C(=O)N1CCC2(CC1)CC(C(=O)N(C)C)c1ccccc12. The van der Waals surface area contributed by atoms with E-state index in [1.807, 2.05) is 82.4 Å². The molecule has 2 aliphatic rings. The molecule has 4 N–H and O–H groups in total. The molecule has 8 nitrogen and oxygen atoms in total. The molecule has 3 aromatic rings. The Balaban J connectivity index is 1.39. The minimum Gasteiger partial charge on any atom is -0.361 e. The van der Waals surface area contributed by atoms with Gasteiger partial charge in [-0.3, -0.25) is 14.4 Å². The second-order valence-electron chi connectivity index (χ2n) is 12.9. The summed E-state index contributed by atoms with van der Waals surface area (Å²) in [5, 5.41) is 4.05. The lowest BCUT2D eigenvalue weighted by Crippen LogP contribution is -2.54. The fourth-order valence-corrected chi connectivity index (χ4v) is 6.79. The van der Waals surface area contributed by atoms with Gasteiger partial charge in [-0.1, -0.05) is 55.5 Å². The van der Waals surface area contributed by atoms with Crippen LogP contribution in [0.5, 0.6) is 0 Å². The van der Waals surface area contributed by atoms with Crippen molar-refractivity contribution in [3.63, 3.8) is 0 Å². The third-order valence-corrected chi connectivity index (χ3v) is 9.11. The molecule has 3 amide bonds. The number of aromatic amines is 1. The Hall–Kier alpha value is -3.91. The van der Waals surface area contributed by atoms with Gasteiger partial charge in [-0.15, -0.1) is 0 Å². The fraction of sp³-hybridized carbons (Fsp3) is 0.441. The molecule has 1 aliphatic carbocycles. The van der Waals surface area contributed by atoms with Gasteiger partial charge in [0.2, 0.25) is 17.7 Å². The van der Waals surface area contributed by atoms with E-state index in [0.717, 1.165) is 41.3 Å². The van der Waals surface area contributed by atoms with Gasteiger partial charge < -0.3 is 25.8 Å². The molecule has 0 bridgehead atoms. The van der Waals surface area contributed by atoms with E-state index >= 15 is 0 Å². The summed E-state index contributed by atoms with van der Waals surface area (Å²) in [6.45, 7) is 6.75. The zero-order valence-corrected chi connectivity index (χ0v) is 25.3. The smallest absolute Gasteiger partial charge is 0.245 e. The molecule has 0 saturated carbocycles. The van der Waals surface area contributed by atoms with Crippen LogP contribution in [0.15, 0.2) is 66.9 Å². The average Bonchev–Trinajstić information content (AvgIpc) is 3.54. The minimum atomic E-state index is -0.754. The molecule has 1 aliphatic heterocycles. The minimum absolute atomic E-state index is 0.0939. The first-order chi connectivity index (χ1) is 19.9. The molecule has 2 aromatic carbocycles. The van der Waals surface area contributed by atoms with Crippen molar-refractivity contribution in [3.8, 4) is 0 Å². The first-order valence-electron chi connectivity index (χ1n) is 14.8. The third kappa shape index (κ3) is 5.73. The average molecular weight is 570 g/mol. The summed E-state index contributed by atoms with van der Waals surface area (Å²) >= 11 is 0. The predicted molar refractivity (Wildman–Crippen MR) is 166 cm³/mol. The van der Waals surface area contributed by atoms with Crippen LogP contribution in [0.4, 0.5) is 0 Å². The summed E-state index contributed by atoms with van der Waals surface area (Å²) in [7, 11) is 3.62. The summed E-state index contributed by atoms with van der Waals surface area (Å²) in [5.74, 6) is -0.750. The van der Waals surface area contributed by atoms with Gasteiger partial charge in [0.15, 0.2) is 0 Å². The van der Waals surface area contributed by atoms with E-state index in [0.29, 0.717) is 13.1 Å². The van der Waals surface area contributed by atoms with Gasteiger partial charge in [-0.25, -0.2) is 0 Å². The number of aromatic nitrogens is 1. The quantitative estimate of drug-likeness (QED) is 0.371. The highest BCUT2D eigenvalue weighted by molar-refractivity contribution is 5.94. The van der Waals surface area contributed by atoms with Crippen LogP contribution in [0.25, 0.3) is 10.9 Å². The molecular formula is C34H43N5O3. The highest BCUT2D eigenvalue weighted by atomic mass is 16.2. The maximum Gasteiger partial charge on any atom is 0.245 e. The first kappa shape index (κ1) is 29.6. The van der Waals surface area contributed by atoms with E-state index in [1.165, 1.54) is 11.6 Å². The predicted octanol–water partition coefficient (Wildman–Crippen LogP) is 4.19. The van der Waals surface area contributed by atoms with Crippen molar-refractivity contribution < 1.29 is 14.4 Å². The number of carbonyl (C=O) groups is 3. The van der Waals surface area contributed by atoms with E-state index < -0.39 is 11.6 Å². The monoisotopic (exact) mass is 569 g/mol. The summed E-state index contributed by atoms with van der Waals surface area (Å²) in [6, 6.07) is 15.5. The molecule has 3 atom stereocenters. The van der Waals surface area contributed by atoms with E-state index in [-0.39, 0.29) is 35.0 Å². The molecule has 5 rings (SSSR count). The number of likely N-dealkylation sites (tertiary alicyclic amines) is 1. The molecule has 0 radical (unpaired) electrons. The van der Waals surface area contributed by atoms with Gasteiger partial charge in [0, 0.05) is 67.2 Å². The van der Waals surface area contributed by atoms with Crippen molar-refractivity contribution >= 4 is 28.6 Å². The standard InChI is InChI=1S/C34H43N5O3/c1-22(26-21-36-28-13-9-7-11-24(26)28)30(37-29(40)14-15-33(2,3)35)32(42)39-18-16-34(17-19-39)20-25(31(41)38(4)5)23-10-6-8-12-27(23)34/h6-15,21-22,25,30,36H,16-20,35H2,1-5H3,(H,37,40)/b15-14+/t22-,25?,30-/m1/s1. The van der Waals surface area contributed by atoms with Crippen molar-refractivity contribution in [2.24, 2.45) is 5.73 Å². The van der Waals surface area contributed by atoms with Crippen molar-refractivity contribution in [1.82, 2.24) is 20.1 Å². The third-order valence-electron chi connectivity index (χ3n) is 9.11. The van der Waals surface area contributed by atoms with Crippen LogP contribution in [0.3, 0.4) is 0 Å². The summed E-state index contributed by atoms with van der Waals surface area (Å²) in [4.78, 5) is 47.2. The van der Waals surface area contributed by atoms with Crippen LogP contribution >= 0.6 is 0 Å². The summed E-state index contributed by atoms with van der Waals surface area (Å²) in [5.41, 5.74) is 9.59. The molecule has 1 aromatic heterocycles. The number of fused-ring (bicyclic) bond motifs is 3. The Bertz CT molecular complexity index is 1510. The number of hydrogen-bond acceptors (Lipinski definition) is 4. The van der Waals surface area contributed by atoms with Crippen molar-refractivity contribution in [2.45, 2.75) is 68.9 Å². The van der Waals surface area contributed by atoms with Crippen LogP contribution < -0.4 is 11.1 Å². The number of rotatable bonds is 7. The number of hydrogen-bond donors (Lipinski definition) is 3. The highest BCUT2D eigenvalue weighted by Gasteiger charge is 2.48. The van der Waals surface area contributed by atoms with Crippen molar-refractivity contribution in [3.05, 3.63) is 83.6 Å². The number of benzene rings is 2. The zero-order valence-electron chi connectivity index (χ0n) is 25.3. The lowest BCUT2D eigenvalue weighted by molar-refractivity contribution is -0.138. The number of nitrogens with two attached hydrogens (primary N) is 1. The highest BCUT2D eigenvalue weighted by Crippen LogP contribution is 2.52. The largest absolute Gasteiger partial charge is 0.361 e. The van der Waals surface area contributed by atoms with Crippen LogP contribution in [-0.4, -0.2) is 71.3 Å². The zero-order chi connectivity index (χ0) is 30.2. The number of carbonyl (C=O) groups excluding carboxylic acids is 3. The van der Waals surface area contributed by atoms with Crippen LogP contribution in [-0.2, 0) is 19.8 Å². The number of H-pyrrole nitrogens is 1. The van der Waals surface area contributed by atoms with Crippen molar-refractivity contribution in [1.29, 1.82) is 0 Å². The summed E-state index contributed by atoms with van der Waals surface area (Å²) < 4.78 is 0. The molecule has 222 valence electrons. The second-order valence-corrected chi connectivity index (χ2v) is 12.9. The van der Waals surface area contributed by atoms with Crippen LogP contribution in [0.1, 0.15) is 68.6 Å². The van der Waals surface area contributed by atoms with E-state index in [4.69, 9.17) is 5.73 Å². The molecule has 1 spiro atoms. The number of likely N-dealkylation sites (N-methyl/N-ethyl adjacent to an activating group) is 1. The van der Waals surface area contributed by atoms with Gasteiger partial charge in [0.1, 0.15) is 6.04 Å². The normalized spacial score (nSPS) is 19.6. The summed E-state index contributed by atoms with van der Waals surface area (Å²) in [6.07, 6.45) is 7.31. The Morgan fingerprint density at radius 3 is 2.45 bits per heavy atom. The van der Waals surface area contributed by atoms with E-state index in [9.17, 15) is 14.4 Å². The van der Waals surface area contributed by atoms with E-state index in [1.54, 1.807) is 11.0 Å². The number of amides is 3. The molecule has 42 heavy (non-hydrogen) atoms. The molecule has 8 heteroatoms. The van der Waals surface area contributed by atoms with Gasteiger partial charge >= 0.3 is 0 Å². The maximum absolute atomic E-state index is 14.2. The van der Waals surface area contributed by atoms with Gasteiger partial charge in [0.25, 0.3) is 0 Å². The van der Waals surface area contributed by atoms with Gasteiger partial charge in [-0.05, 0) is 55.9 Å². The van der Waals surface area contributed by atoms with E-state index in [2.05, 4.69) is 22.4 Å². The van der Waals surface area contributed by atoms with Crippen LogP contribution in [0.2, 0.25) is 0 Å².